The van der Waals surface area contributed by atoms with Gasteiger partial charge in [-0.25, -0.2) is 9.59 Å². The van der Waals surface area contributed by atoms with Crippen LogP contribution in [-0.4, -0.2) is 29.4 Å². The quantitative estimate of drug-likeness (QED) is 0.688. The van der Waals surface area contributed by atoms with Crippen LogP contribution in [0.3, 0.4) is 0 Å². The van der Waals surface area contributed by atoms with Crippen LogP contribution in [0.5, 0.6) is 0 Å². The number of hydrogen-bond donors (Lipinski definition) is 3. The van der Waals surface area contributed by atoms with Crippen molar-refractivity contribution in [3.63, 3.8) is 0 Å². The minimum absolute atomic E-state index is 0.0760. The van der Waals surface area contributed by atoms with Crippen LogP contribution in [0, 0.1) is 0 Å². The molecule has 0 radical (unpaired) electrons. The second kappa shape index (κ2) is 9.65. The number of alkyl carbamates (subject to hydrolysis) is 1. The van der Waals surface area contributed by atoms with Gasteiger partial charge in [0.2, 0.25) is 0 Å². The van der Waals surface area contributed by atoms with E-state index in [0.717, 1.165) is 12.0 Å². The second-order valence-corrected chi connectivity index (χ2v) is 5.24. The third-order valence-corrected chi connectivity index (χ3v) is 3.35. The summed E-state index contributed by atoms with van der Waals surface area (Å²) >= 11 is 0. The molecule has 6 heteroatoms. The van der Waals surface area contributed by atoms with Gasteiger partial charge < -0.3 is 20.5 Å². The Hall–Kier alpha value is -2.24. The van der Waals surface area contributed by atoms with E-state index in [1.165, 1.54) is 0 Å². The van der Waals surface area contributed by atoms with Gasteiger partial charge in [0.25, 0.3) is 0 Å². The van der Waals surface area contributed by atoms with Gasteiger partial charge in [-0.15, -0.1) is 0 Å². The minimum Gasteiger partial charge on any atom is -0.465 e. The summed E-state index contributed by atoms with van der Waals surface area (Å²) in [5, 5.41) is 13.9. The predicted molar refractivity (Wildman–Crippen MR) is 83.7 cm³/mol. The van der Waals surface area contributed by atoms with Crippen LogP contribution < -0.4 is 10.6 Å². The third-order valence-electron chi connectivity index (χ3n) is 3.35. The summed E-state index contributed by atoms with van der Waals surface area (Å²) in [6.07, 6.45) is 0.588. The molecule has 2 unspecified atom stereocenters. The van der Waals surface area contributed by atoms with Crippen molar-refractivity contribution in [2.75, 3.05) is 0 Å². The lowest BCUT2D eigenvalue weighted by Gasteiger charge is -2.18. The summed E-state index contributed by atoms with van der Waals surface area (Å²) in [6.45, 7) is 4.03. The molecule has 0 spiro atoms. The number of rotatable bonds is 8. The molecular formula is C16H24N2O4. The fraction of sp³-hybridized carbons (Fsp3) is 0.500. The van der Waals surface area contributed by atoms with Gasteiger partial charge >= 0.3 is 12.2 Å². The maximum atomic E-state index is 11.7. The summed E-state index contributed by atoms with van der Waals surface area (Å²) in [7, 11) is 0. The standard InChI is InChI=1S/C16H24N2O4/c1-3-14(18-15(19)20)10-9-12(2)17-16(21)22-11-13-7-5-4-6-8-13/h4-8,12,14,18H,3,9-11H2,1-2H3,(H,17,21)(H,19,20). The van der Waals surface area contributed by atoms with Gasteiger partial charge in [0.05, 0.1) is 0 Å². The number of benzene rings is 1. The van der Waals surface area contributed by atoms with E-state index in [-0.39, 0.29) is 18.7 Å². The van der Waals surface area contributed by atoms with Crippen molar-refractivity contribution in [2.24, 2.45) is 0 Å². The van der Waals surface area contributed by atoms with Crippen LogP contribution >= 0.6 is 0 Å². The Balaban J connectivity index is 2.24. The molecule has 0 fully saturated rings. The van der Waals surface area contributed by atoms with Gasteiger partial charge in [-0.1, -0.05) is 37.3 Å². The zero-order chi connectivity index (χ0) is 16.4. The highest BCUT2D eigenvalue weighted by atomic mass is 16.5. The molecule has 0 aromatic heterocycles. The lowest BCUT2D eigenvalue weighted by atomic mass is 10.1. The number of ether oxygens (including phenoxy) is 1. The van der Waals surface area contributed by atoms with Gasteiger partial charge in [0.1, 0.15) is 6.61 Å². The Morgan fingerprint density at radius 1 is 1.18 bits per heavy atom. The Labute approximate surface area is 130 Å². The van der Waals surface area contributed by atoms with Crippen LogP contribution in [0.1, 0.15) is 38.7 Å². The summed E-state index contributed by atoms with van der Waals surface area (Å²) in [5.41, 5.74) is 0.932. The van der Waals surface area contributed by atoms with E-state index in [1.807, 2.05) is 44.2 Å². The number of carbonyl (C=O) groups is 2. The van der Waals surface area contributed by atoms with E-state index in [9.17, 15) is 9.59 Å². The van der Waals surface area contributed by atoms with E-state index in [2.05, 4.69) is 10.6 Å². The second-order valence-electron chi connectivity index (χ2n) is 5.24. The summed E-state index contributed by atoms with van der Waals surface area (Å²) in [5.74, 6) is 0. The van der Waals surface area contributed by atoms with Crippen molar-refractivity contribution < 1.29 is 19.4 Å². The summed E-state index contributed by atoms with van der Waals surface area (Å²) in [4.78, 5) is 22.3. The molecule has 2 atom stereocenters. The minimum atomic E-state index is -1.02. The first-order valence-electron chi connectivity index (χ1n) is 7.48. The first kappa shape index (κ1) is 17.8. The number of hydrogen-bond acceptors (Lipinski definition) is 3. The van der Waals surface area contributed by atoms with E-state index in [0.29, 0.717) is 12.8 Å². The van der Waals surface area contributed by atoms with Crippen LogP contribution in [0.25, 0.3) is 0 Å². The average Bonchev–Trinajstić information content (AvgIpc) is 2.50. The van der Waals surface area contributed by atoms with Crippen molar-refractivity contribution >= 4 is 12.2 Å². The smallest absolute Gasteiger partial charge is 0.407 e. The lowest BCUT2D eigenvalue weighted by Crippen LogP contribution is -2.37. The molecule has 2 amide bonds. The fourth-order valence-corrected chi connectivity index (χ4v) is 2.04. The molecule has 1 aromatic carbocycles. The van der Waals surface area contributed by atoms with Crippen molar-refractivity contribution in [3.05, 3.63) is 35.9 Å². The van der Waals surface area contributed by atoms with Crippen LogP contribution in [0.4, 0.5) is 9.59 Å². The first-order valence-corrected chi connectivity index (χ1v) is 7.48. The van der Waals surface area contributed by atoms with Crippen molar-refractivity contribution in [1.29, 1.82) is 0 Å². The van der Waals surface area contributed by atoms with Gasteiger partial charge in [0.15, 0.2) is 0 Å². The SMILES string of the molecule is CCC(CCC(C)NC(=O)OCc1ccccc1)NC(=O)O. The van der Waals surface area contributed by atoms with Crippen molar-refractivity contribution in [2.45, 2.75) is 51.8 Å². The predicted octanol–water partition coefficient (Wildman–Crippen LogP) is 3.13. The third kappa shape index (κ3) is 7.52. The normalized spacial score (nSPS) is 13.0. The number of amides is 2. The highest BCUT2D eigenvalue weighted by Gasteiger charge is 2.13. The maximum absolute atomic E-state index is 11.7. The molecule has 0 aliphatic carbocycles. The van der Waals surface area contributed by atoms with Crippen LogP contribution in [0.2, 0.25) is 0 Å². The molecule has 0 saturated heterocycles. The molecule has 3 N–H and O–H groups in total. The molecule has 22 heavy (non-hydrogen) atoms. The molecule has 0 saturated carbocycles. The molecule has 122 valence electrons. The van der Waals surface area contributed by atoms with E-state index < -0.39 is 12.2 Å². The molecule has 1 rings (SSSR count). The van der Waals surface area contributed by atoms with Crippen LogP contribution in [-0.2, 0) is 11.3 Å². The Kier molecular flexibility index (Phi) is 7.81. The Morgan fingerprint density at radius 2 is 1.86 bits per heavy atom. The summed E-state index contributed by atoms with van der Waals surface area (Å²) in [6, 6.07) is 9.29. The van der Waals surface area contributed by atoms with Gasteiger partial charge in [-0.2, -0.15) is 0 Å². The van der Waals surface area contributed by atoms with E-state index in [1.54, 1.807) is 0 Å². The molecule has 0 aliphatic heterocycles. The molecule has 0 bridgehead atoms. The highest BCUT2D eigenvalue weighted by Crippen LogP contribution is 2.06. The molecule has 0 heterocycles. The summed E-state index contributed by atoms with van der Waals surface area (Å²) < 4.78 is 5.14. The van der Waals surface area contributed by atoms with E-state index in [4.69, 9.17) is 9.84 Å². The first-order chi connectivity index (χ1) is 10.5. The topological polar surface area (TPSA) is 87.7 Å². The van der Waals surface area contributed by atoms with Gasteiger partial charge in [-0.05, 0) is 31.7 Å². The number of nitrogens with one attached hydrogen (secondary N) is 2. The fourth-order valence-electron chi connectivity index (χ4n) is 2.04. The molecule has 6 nitrogen and oxygen atoms in total. The average molecular weight is 308 g/mol. The molecule has 0 aliphatic rings. The Morgan fingerprint density at radius 3 is 2.45 bits per heavy atom. The number of carbonyl (C=O) groups excluding carboxylic acids is 1. The maximum Gasteiger partial charge on any atom is 0.407 e. The monoisotopic (exact) mass is 308 g/mol. The van der Waals surface area contributed by atoms with E-state index >= 15 is 0 Å². The zero-order valence-electron chi connectivity index (χ0n) is 13.0. The zero-order valence-corrected chi connectivity index (χ0v) is 13.0. The van der Waals surface area contributed by atoms with Crippen LogP contribution in [0.15, 0.2) is 30.3 Å². The highest BCUT2D eigenvalue weighted by molar-refractivity contribution is 5.67. The lowest BCUT2D eigenvalue weighted by molar-refractivity contribution is 0.135. The number of carboxylic acid groups (broad SMARTS) is 1. The largest absolute Gasteiger partial charge is 0.465 e. The Bertz CT molecular complexity index is 464. The van der Waals surface area contributed by atoms with Crippen molar-refractivity contribution in [3.8, 4) is 0 Å². The molecule has 1 aromatic rings. The van der Waals surface area contributed by atoms with Gasteiger partial charge in [-0.3, -0.25) is 0 Å². The van der Waals surface area contributed by atoms with Gasteiger partial charge in [0, 0.05) is 12.1 Å². The molecular weight excluding hydrogens is 284 g/mol. The van der Waals surface area contributed by atoms with Crippen molar-refractivity contribution in [1.82, 2.24) is 10.6 Å².